The zero-order valence-electron chi connectivity index (χ0n) is 17.3. The summed E-state index contributed by atoms with van der Waals surface area (Å²) in [6.07, 6.45) is 3.90. The third-order valence-corrected chi connectivity index (χ3v) is 4.99. The largest absolute Gasteiger partial charge is 0.463 e. The van der Waals surface area contributed by atoms with Gasteiger partial charge in [-0.1, -0.05) is 12.1 Å². The van der Waals surface area contributed by atoms with Crippen LogP contribution in [0.3, 0.4) is 0 Å². The zero-order chi connectivity index (χ0) is 21.0. The highest BCUT2D eigenvalue weighted by Crippen LogP contribution is 2.46. The third kappa shape index (κ3) is 6.91. The van der Waals surface area contributed by atoms with Gasteiger partial charge in [-0.15, -0.1) is 0 Å². The first-order valence-electron chi connectivity index (χ1n) is 10.2. The fourth-order valence-electron chi connectivity index (χ4n) is 3.31. The molecule has 2 aliphatic carbocycles. The molecule has 1 atom stereocenters. The van der Waals surface area contributed by atoms with Crippen LogP contribution in [0.15, 0.2) is 24.3 Å². The van der Waals surface area contributed by atoms with Gasteiger partial charge in [0.25, 0.3) is 0 Å². The molecule has 7 heteroatoms. The highest BCUT2D eigenvalue weighted by atomic mass is 19.1. The minimum Gasteiger partial charge on any atom is -0.463 e. The van der Waals surface area contributed by atoms with Gasteiger partial charge in [0.2, 0.25) is 6.86 Å². The van der Waals surface area contributed by atoms with Crippen molar-refractivity contribution < 1.29 is 28.2 Å². The van der Waals surface area contributed by atoms with Crippen molar-refractivity contribution in [3.05, 3.63) is 29.8 Å². The van der Waals surface area contributed by atoms with Crippen molar-refractivity contribution in [3.8, 4) is 5.75 Å². The molecular formula is C22H30FNO5. The first-order valence-corrected chi connectivity index (χ1v) is 10.2. The number of ether oxygens (including phenoxy) is 3. The average Bonchev–Trinajstić information content (AvgIpc) is 3.53. The molecule has 0 bridgehead atoms. The molecule has 6 nitrogen and oxygen atoms in total. The molecule has 2 fully saturated rings. The summed E-state index contributed by atoms with van der Waals surface area (Å²) in [4.78, 5) is 25.2. The molecule has 29 heavy (non-hydrogen) atoms. The normalized spacial score (nSPS) is 17.6. The van der Waals surface area contributed by atoms with E-state index in [2.05, 4.69) is 5.32 Å². The van der Waals surface area contributed by atoms with Crippen LogP contribution in [0.4, 0.5) is 9.18 Å². The number of carbonyl (C=O) groups excluding carboxylic acids is 2. The Bertz CT molecular complexity index is 695. The van der Waals surface area contributed by atoms with E-state index in [1.54, 1.807) is 45.0 Å². The molecule has 0 aromatic heterocycles. The van der Waals surface area contributed by atoms with Gasteiger partial charge in [0.05, 0.1) is 0 Å². The van der Waals surface area contributed by atoms with Crippen LogP contribution in [-0.4, -0.2) is 36.7 Å². The van der Waals surface area contributed by atoms with Crippen LogP contribution < -0.4 is 10.1 Å². The van der Waals surface area contributed by atoms with Crippen LogP contribution in [0.1, 0.15) is 52.0 Å². The molecule has 0 unspecified atom stereocenters. The Morgan fingerprint density at radius 1 is 1.10 bits per heavy atom. The van der Waals surface area contributed by atoms with Crippen molar-refractivity contribution in [2.75, 3.05) is 6.86 Å². The van der Waals surface area contributed by atoms with Crippen molar-refractivity contribution in [2.24, 2.45) is 11.8 Å². The van der Waals surface area contributed by atoms with Gasteiger partial charge in [0.1, 0.15) is 23.5 Å². The molecule has 2 aliphatic rings. The molecule has 1 N–H and O–H groups in total. The Morgan fingerprint density at radius 2 is 1.69 bits per heavy atom. The first kappa shape index (κ1) is 21.4. The van der Waals surface area contributed by atoms with Gasteiger partial charge in [-0.2, -0.15) is 0 Å². The Balaban J connectivity index is 1.67. The van der Waals surface area contributed by atoms with E-state index < -0.39 is 30.6 Å². The van der Waals surface area contributed by atoms with Crippen molar-refractivity contribution >= 4 is 12.1 Å². The second-order valence-electron chi connectivity index (χ2n) is 8.88. The smallest absolute Gasteiger partial charge is 0.408 e. The highest BCUT2D eigenvalue weighted by molar-refractivity contribution is 5.82. The molecule has 3 rings (SSSR count). The number of halogens is 1. The standard InChI is InChI=1S/C22H30FNO5/c1-22(2,3)29-21(26)24-18(12-14-4-10-17(11-5-14)27-13-23)20(25)28-19(15-6-7-15)16-8-9-16/h4-5,10-11,15-16,18-19H,6-9,12-13H2,1-3H3,(H,24,26)/t18-/m1/s1. The molecule has 160 valence electrons. The fraction of sp³-hybridized carbons (Fsp3) is 0.636. The number of alkyl carbamates (subject to hydrolysis) is 1. The van der Waals surface area contributed by atoms with E-state index in [9.17, 15) is 14.0 Å². The van der Waals surface area contributed by atoms with Gasteiger partial charge >= 0.3 is 12.1 Å². The van der Waals surface area contributed by atoms with Crippen LogP contribution in [0, 0.1) is 11.8 Å². The molecule has 0 radical (unpaired) electrons. The number of amides is 1. The molecule has 0 heterocycles. The number of hydrogen-bond acceptors (Lipinski definition) is 5. The van der Waals surface area contributed by atoms with E-state index in [1.165, 1.54) is 0 Å². The molecule has 0 spiro atoms. The van der Waals surface area contributed by atoms with Crippen LogP contribution >= 0.6 is 0 Å². The number of rotatable bonds is 9. The Morgan fingerprint density at radius 3 is 2.17 bits per heavy atom. The minimum atomic E-state index is -0.905. The Hall–Kier alpha value is -2.31. The second kappa shape index (κ2) is 9.01. The van der Waals surface area contributed by atoms with E-state index in [0.717, 1.165) is 31.2 Å². The summed E-state index contributed by atoms with van der Waals surface area (Å²) >= 11 is 0. The number of benzene rings is 1. The summed E-state index contributed by atoms with van der Waals surface area (Å²) in [6.45, 7) is 4.39. The lowest BCUT2D eigenvalue weighted by molar-refractivity contribution is -0.154. The topological polar surface area (TPSA) is 73.9 Å². The third-order valence-electron chi connectivity index (χ3n) is 4.99. The van der Waals surface area contributed by atoms with E-state index in [0.29, 0.717) is 17.6 Å². The molecular weight excluding hydrogens is 377 g/mol. The molecule has 1 aromatic carbocycles. The predicted molar refractivity (Wildman–Crippen MR) is 105 cm³/mol. The van der Waals surface area contributed by atoms with Gasteiger partial charge < -0.3 is 19.5 Å². The van der Waals surface area contributed by atoms with E-state index >= 15 is 0 Å². The maximum atomic E-state index is 12.9. The quantitative estimate of drug-likeness (QED) is 0.622. The minimum absolute atomic E-state index is 0.0502. The van der Waals surface area contributed by atoms with Gasteiger partial charge in [-0.05, 0) is 76.0 Å². The summed E-state index contributed by atoms with van der Waals surface area (Å²) in [5.41, 5.74) is 0.123. The number of carbonyl (C=O) groups is 2. The second-order valence-corrected chi connectivity index (χ2v) is 8.88. The van der Waals surface area contributed by atoms with Crippen LogP contribution in [0.25, 0.3) is 0 Å². The summed E-state index contributed by atoms with van der Waals surface area (Å²) in [5.74, 6) is 0.860. The first-order chi connectivity index (χ1) is 13.7. The molecule has 0 aliphatic heterocycles. The van der Waals surface area contributed by atoms with E-state index in [4.69, 9.17) is 14.2 Å². The highest BCUT2D eigenvalue weighted by Gasteiger charge is 2.45. The van der Waals surface area contributed by atoms with Crippen LogP contribution in [-0.2, 0) is 20.7 Å². The number of hydrogen-bond donors (Lipinski definition) is 1. The molecule has 2 saturated carbocycles. The lowest BCUT2D eigenvalue weighted by atomic mass is 10.1. The van der Waals surface area contributed by atoms with Crippen molar-refractivity contribution in [1.29, 1.82) is 0 Å². The van der Waals surface area contributed by atoms with Gasteiger partial charge in [-0.25, -0.2) is 14.0 Å². The van der Waals surface area contributed by atoms with Crippen LogP contribution in [0.2, 0.25) is 0 Å². The van der Waals surface area contributed by atoms with Gasteiger partial charge in [-0.3, -0.25) is 0 Å². The Kier molecular flexibility index (Phi) is 6.65. The van der Waals surface area contributed by atoms with Crippen molar-refractivity contribution in [3.63, 3.8) is 0 Å². The Labute approximate surface area is 171 Å². The molecule has 0 saturated heterocycles. The van der Waals surface area contributed by atoms with Crippen molar-refractivity contribution in [2.45, 2.75) is 70.6 Å². The number of nitrogens with one attached hydrogen (secondary N) is 1. The summed E-state index contributed by atoms with van der Waals surface area (Å²) < 4.78 is 28.2. The van der Waals surface area contributed by atoms with E-state index in [-0.39, 0.29) is 12.5 Å². The van der Waals surface area contributed by atoms with Crippen LogP contribution in [0.5, 0.6) is 5.75 Å². The fourth-order valence-corrected chi connectivity index (χ4v) is 3.31. The zero-order valence-corrected chi connectivity index (χ0v) is 17.3. The number of esters is 1. The monoisotopic (exact) mass is 407 g/mol. The molecule has 1 aromatic rings. The number of alkyl halides is 1. The predicted octanol–water partition coefficient (Wildman–Crippen LogP) is 4.16. The van der Waals surface area contributed by atoms with Gasteiger partial charge in [0.15, 0.2) is 0 Å². The summed E-state index contributed by atoms with van der Waals surface area (Å²) in [5, 5.41) is 2.66. The van der Waals surface area contributed by atoms with Crippen molar-refractivity contribution in [1.82, 2.24) is 5.32 Å². The summed E-state index contributed by atoms with van der Waals surface area (Å²) in [7, 11) is 0. The average molecular weight is 407 g/mol. The van der Waals surface area contributed by atoms with E-state index in [1.807, 2.05) is 0 Å². The summed E-state index contributed by atoms with van der Waals surface area (Å²) in [6, 6.07) is 5.87. The SMILES string of the molecule is CC(C)(C)OC(=O)N[C@H](Cc1ccc(OCF)cc1)C(=O)OC(C1CC1)C1CC1. The van der Waals surface area contributed by atoms with Gasteiger partial charge in [0, 0.05) is 6.42 Å². The lowest BCUT2D eigenvalue weighted by Gasteiger charge is -2.25. The maximum Gasteiger partial charge on any atom is 0.408 e. The maximum absolute atomic E-state index is 12.9. The lowest BCUT2D eigenvalue weighted by Crippen LogP contribution is -2.46. The molecule has 1 amide bonds.